The Kier molecular flexibility index (Phi) is 6.66. The Bertz CT molecular complexity index is 791. The van der Waals surface area contributed by atoms with Crippen molar-refractivity contribution in [1.29, 1.82) is 0 Å². The first-order valence-corrected chi connectivity index (χ1v) is 11.5. The van der Waals surface area contributed by atoms with E-state index in [1.165, 1.54) is 32.1 Å². The second-order valence-corrected chi connectivity index (χ2v) is 9.00. The number of nitrogens with zero attached hydrogens (tertiary/aromatic N) is 4. The molecule has 3 aliphatic rings. The van der Waals surface area contributed by atoms with Crippen LogP contribution in [0.25, 0.3) is 0 Å². The van der Waals surface area contributed by atoms with Gasteiger partial charge >= 0.3 is 0 Å². The predicted molar refractivity (Wildman–Crippen MR) is 114 cm³/mol. The summed E-state index contributed by atoms with van der Waals surface area (Å²) in [5.41, 5.74) is 1.84. The summed E-state index contributed by atoms with van der Waals surface area (Å²) in [5, 5.41) is 0. The average molecular weight is 415 g/mol. The van der Waals surface area contributed by atoms with Crippen LogP contribution in [0.2, 0.25) is 0 Å². The minimum absolute atomic E-state index is 0.0958. The van der Waals surface area contributed by atoms with Gasteiger partial charge in [-0.25, -0.2) is 9.97 Å². The number of hydrogen-bond donors (Lipinski definition) is 0. The third-order valence-corrected chi connectivity index (χ3v) is 6.90. The van der Waals surface area contributed by atoms with Gasteiger partial charge in [0.2, 0.25) is 11.8 Å². The van der Waals surface area contributed by atoms with Gasteiger partial charge in [-0.3, -0.25) is 14.5 Å². The van der Waals surface area contributed by atoms with Gasteiger partial charge in [0.15, 0.2) is 5.82 Å². The number of aromatic nitrogens is 2. The zero-order chi connectivity index (χ0) is 21.1. The highest BCUT2D eigenvalue weighted by Crippen LogP contribution is 2.36. The van der Waals surface area contributed by atoms with E-state index in [-0.39, 0.29) is 17.9 Å². The number of likely N-dealkylation sites (tertiary alicyclic amines) is 1. The van der Waals surface area contributed by atoms with Crippen molar-refractivity contribution in [2.24, 2.45) is 5.92 Å². The zero-order valence-corrected chi connectivity index (χ0v) is 18.4. The van der Waals surface area contributed by atoms with Crippen molar-refractivity contribution in [3.05, 3.63) is 17.1 Å². The fraction of sp³-hybridized carbons (Fsp3) is 0.739. The van der Waals surface area contributed by atoms with Gasteiger partial charge in [0.25, 0.3) is 0 Å². The third kappa shape index (κ3) is 4.36. The Morgan fingerprint density at radius 1 is 1.10 bits per heavy atom. The van der Waals surface area contributed by atoms with Gasteiger partial charge in [-0.15, -0.1) is 0 Å². The Hall–Kier alpha value is -2.02. The summed E-state index contributed by atoms with van der Waals surface area (Å²) in [6.07, 6.45) is 9.92. The molecule has 1 saturated carbocycles. The van der Waals surface area contributed by atoms with Gasteiger partial charge in [0, 0.05) is 31.5 Å². The van der Waals surface area contributed by atoms with E-state index < -0.39 is 0 Å². The Balaban J connectivity index is 1.59. The minimum Gasteiger partial charge on any atom is -0.384 e. The molecule has 1 aromatic heterocycles. The molecule has 1 saturated heterocycles. The molecule has 0 spiro atoms. The van der Waals surface area contributed by atoms with Crippen LogP contribution in [-0.2, 0) is 20.7 Å². The number of ether oxygens (including phenoxy) is 1. The van der Waals surface area contributed by atoms with Gasteiger partial charge < -0.3 is 9.64 Å². The zero-order valence-electron chi connectivity index (χ0n) is 18.4. The van der Waals surface area contributed by atoms with E-state index in [0.29, 0.717) is 31.2 Å². The Labute approximate surface area is 179 Å². The van der Waals surface area contributed by atoms with Crippen LogP contribution in [0.3, 0.4) is 0 Å². The van der Waals surface area contributed by atoms with Crippen LogP contribution in [0.5, 0.6) is 0 Å². The van der Waals surface area contributed by atoms with E-state index >= 15 is 0 Å². The molecule has 1 unspecified atom stereocenters. The van der Waals surface area contributed by atoms with Gasteiger partial charge in [-0.2, -0.15) is 0 Å². The lowest BCUT2D eigenvalue weighted by Gasteiger charge is -2.35. The number of piperidine rings is 1. The summed E-state index contributed by atoms with van der Waals surface area (Å²) < 4.78 is 5.10. The summed E-state index contributed by atoms with van der Waals surface area (Å²) in [4.78, 5) is 39.1. The maximum atomic E-state index is 12.8. The summed E-state index contributed by atoms with van der Waals surface area (Å²) in [6, 6.07) is -0.112. The first-order chi connectivity index (χ1) is 14.6. The van der Waals surface area contributed by atoms with E-state index in [4.69, 9.17) is 14.7 Å². The number of anilines is 1. The fourth-order valence-electron chi connectivity index (χ4n) is 5.19. The third-order valence-electron chi connectivity index (χ3n) is 6.90. The molecule has 164 valence electrons. The monoisotopic (exact) mass is 414 g/mol. The summed E-state index contributed by atoms with van der Waals surface area (Å²) in [7, 11) is 1.62. The summed E-state index contributed by atoms with van der Waals surface area (Å²) in [6.45, 7) is 3.90. The first-order valence-electron chi connectivity index (χ1n) is 11.5. The van der Waals surface area contributed by atoms with Crippen molar-refractivity contribution in [2.45, 2.75) is 77.2 Å². The number of amides is 2. The van der Waals surface area contributed by atoms with Crippen molar-refractivity contribution in [3.63, 3.8) is 0 Å². The predicted octanol–water partition coefficient (Wildman–Crippen LogP) is 3.34. The molecule has 2 amide bonds. The Morgan fingerprint density at radius 3 is 2.63 bits per heavy atom. The molecule has 1 aromatic rings. The van der Waals surface area contributed by atoms with E-state index in [1.54, 1.807) is 7.11 Å². The molecule has 0 radical (unpaired) electrons. The van der Waals surface area contributed by atoms with E-state index in [2.05, 4.69) is 0 Å². The second kappa shape index (κ2) is 9.41. The van der Waals surface area contributed by atoms with E-state index in [1.807, 2.05) is 16.7 Å². The lowest BCUT2D eigenvalue weighted by Crippen LogP contribution is -2.40. The van der Waals surface area contributed by atoms with Crippen molar-refractivity contribution in [2.75, 3.05) is 31.7 Å². The molecule has 0 aromatic carbocycles. The molecule has 7 nitrogen and oxygen atoms in total. The number of methoxy groups -OCH3 is 1. The van der Waals surface area contributed by atoms with Crippen LogP contribution < -0.4 is 4.90 Å². The van der Waals surface area contributed by atoms with E-state index in [9.17, 15) is 9.59 Å². The summed E-state index contributed by atoms with van der Waals surface area (Å²) >= 11 is 0. The Morgan fingerprint density at radius 2 is 1.87 bits per heavy atom. The molecule has 7 heteroatoms. The summed E-state index contributed by atoms with van der Waals surface area (Å²) in [5.74, 6) is 2.29. The molecule has 2 fully saturated rings. The standard InChI is InChI=1S/C23H34N4O3/c1-16-18-14-21(29)27(15-17-8-4-3-5-9-17)23(18)25-22(24-16)19-10-6-7-12-26(19)20(28)11-13-30-2/h17,19H,3-15H2,1-2H3. The number of carbonyl (C=O) groups is 2. The molecular formula is C23H34N4O3. The molecule has 4 rings (SSSR count). The van der Waals surface area contributed by atoms with Crippen LogP contribution in [0.4, 0.5) is 5.82 Å². The average Bonchev–Trinajstić information content (AvgIpc) is 3.08. The van der Waals surface area contributed by atoms with Gasteiger partial charge in [0.05, 0.1) is 25.5 Å². The smallest absolute Gasteiger partial charge is 0.232 e. The van der Waals surface area contributed by atoms with Crippen molar-refractivity contribution < 1.29 is 14.3 Å². The van der Waals surface area contributed by atoms with Crippen molar-refractivity contribution in [1.82, 2.24) is 14.9 Å². The largest absolute Gasteiger partial charge is 0.384 e. The molecule has 0 N–H and O–H groups in total. The van der Waals surface area contributed by atoms with Gasteiger partial charge in [0.1, 0.15) is 5.82 Å². The first kappa shape index (κ1) is 21.2. The lowest BCUT2D eigenvalue weighted by atomic mass is 9.89. The van der Waals surface area contributed by atoms with Crippen molar-refractivity contribution >= 4 is 17.6 Å². The molecule has 0 bridgehead atoms. The molecule has 1 aliphatic carbocycles. The molecule has 3 heterocycles. The lowest BCUT2D eigenvalue weighted by molar-refractivity contribution is -0.136. The number of aryl methyl sites for hydroxylation is 1. The highest BCUT2D eigenvalue weighted by Gasteiger charge is 2.36. The number of hydrogen-bond acceptors (Lipinski definition) is 5. The van der Waals surface area contributed by atoms with Crippen LogP contribution in [0.15, 0.2) is 0 Å². The quantitative estimate of drug-likeness (QED) is 0.714. The van der Waals surface area contributed by atoms with Crippen LogP contribution in [0.1, 0.15) is 80.9 Å². The van der Waals surface area contributed by atoms with Crippen molar-refractivity contribution in [3.8, 4) is 0 Å². The van der Waals surface area contributed by atoms with E-state index in [0.717, 1.165) is 49.4 Å². The SMILES string of the molecule is COCCC(=O)N1CCCCC1c1nc(C)c2c(n1)N(CC1CCCCC1)C(=O)C2. The van der Waals surface area contributed by atoms with Gasteiger partial charge in [-0.1, -0.05) is 19.3 Å². The van der Waals surface area contributed by atoms with Crippen LogP contribution in [-0.4, -0.2) is 53.5 Å². The molecule has 2 aliphatic heterocycles. The van der Waals surface area contributed by atoms with Gasteiger partial charge in [-0.05, 0) is 44.9 Å². The highest BCUT2D eigenvalue weighted by atomic mass is 16.5. The second-order valence-electron chi connectivity index (χ2n) is 9.00. The highest BCUT2D eigenvalue weighted by molar-refractivity contribution is 6.00. The normalized spacial score (nSPS) is 22.5. The molecule has 1 atom stereocenters. The topological polar surface area (TPSA) is 75.6 Å². The number of fused-ring (bicyclic) bond motifs is 1. The van der Waals surface area contributed by atoms with Crippen LogP contribution >= 0.6 is 0 Å². The fourth-order valence-corrected chi connectivity index (χ4v) is 5.19. The maximum absolute atomic E-state index is 12.8. The molecular weight excluding hydrogens is 380 g/mol. The number of carbonyl (C=O) groups excluding carboxylic acids is 2. The molecule has 30 heavy (non-hydrogen) atoms. The number of rotatable bonds is 6. The minimum atomic E-state index is -0.112. The maximum Gasteiger partial charge on any atom is 0.232 e. The van der Waals surface area contributed by atoms with Crippen LogP contribution in [0, 0.1) is 12.8 Å².